The van der Waals surface area contributed by atoms with E-state index >= 15 is 0 Å². The number of ether oxygens (including phenoxy) is 4. The summed E-state index contributed by atoms with van der Waals surface area (Å²) in [7, 11) is 3.67. The van der Waals surface area contributed by atoms with Crippen molar-refractivity contribution in [3.05, 3.63) is 86.9 Å². The predicted octanol–water partition coefficient (Wildman–Crippen LogP) is 6.03. The maximum atomic E-state index is 14.0. The van der Waals surface area contributed by atoms with Crippen molar-refractivity contribution in [3.8, 4) is 17.2 Å². The van der Waals surface area contributed by atoms with Crippen LogP contribution in [-0.4, -0.2) is 80.6 Å². The Morgan fingerprint density at radius 2 is 1.64 bits per heavy atom. The van der Waals surface area contributed by atoms with Gasteiger partial charge in [0.25, 0.3) is 5.91 Å². The molecule has 1 spiro atoms. The van der Waals surface area contributed by atoms with Gasteiger partial charge in [-0.1, -0.05) is 53.5 Å². The van der Waals surface area contributed by atoms with Crippen LogP contribution < -0.4 is 14.2 Å². The lowest BCUT2D eigenvalue weighted by Gasteiger charge is -2.45. The summed E-state index contributed by atoms with van der Waals surface area (Å²) < 4.78 is 36.1. The first-order valence-corrected chi connectivity index (χ1v) is 17.2. The second-order valence-corrected chi connectivity index (χ2v) is 14.4. The molecule has 0 aliphatic carbocycles. The number of methoxy groups -OCH3 is 3. The van der Waals surface area contributed by atoms with Crippen molar-refractivity contribution in [1.82, 2.24) is 9.80 Å². The summed E-state index contributed by atoms with van der Waals surface area (Å²) in [5.74, 6) is 1.73. The maximum Gasteiger partial charge on any atom is 0.254 e. The molecular weight excluding hydrogens is 635 g/mol. The van der Waals surface area contributed by atoms with Crippen LogP contribution in [0.4, 0.5) is 0 Å². The van der Waals surface area contributed by atoms with Gasteiger partial charge in [-0.3, -0.25) is 9.00 Å². The number of amides is 1. The van der Waals surface area contributed by atoms with Gasteiger partial charge in [0.2, 0.25) is 5.75 Å². The number of hydrogen-bond donors (Lipinski definition) is 0. The number of likely N-dealkylation sites (tertiary alicyclic amines) is 1. The number of nitrogens with zero attached hydrogens (tertiary/aromatic N) is 2. The Bertz CT molecular complexity index is 1590. The van der Waals surface area contributed by atoms with Crippen molar-refractivity contribution < 1.29 is 28.0 Å². The molecule has 11 heteroatoms. The average Bonchev–Trinajstić information content (AvgIpc) is 3.34. The molecule has 3 aliphatic heterocycles. The van der Waals surface area contributed by atoms with Crippen LogP contribution >= 0.6 is 23.2 Å². The maximum absolute atomic E-state index is 14.0. The molecule has 0 saturated carbocycles. The highest BCUT2D eigenvalue weighted by Gasteiger charge is 2.47. The zero-order valence-corrected chi connectivity index (χ0v) is 28.1. The number of benzene rings is 3. The Morgan fingerprint density at radius 3 is 2.31 bits per heavy atom. The van der Waals surface area contributed by atoms with Crippen molar-refractivity contribution in [2.45, 2.75) is 35.4 Å². The number of carbonyl (C=O) groups excluding carboxylic acids is 1. The van der Waals surface area contributed by atoms with Gasteiger partial charge in [-0.25, -0.2) is 0 Å². The second kappa shape index (κ2) is 13.1. The third-order valence-electron chi connectivity index (χ3n) is 9.56. The van der Waals surface area contributed by atoms with E-state index in [0.717, 1.165) is 38.0 Å². The summed E-state index contributed by atoms with van der Waals surface area (Å²) in [6.07, 6.45) is 2.34. The number of morpholine rings is 1. The van der Waals surface area contributed by atoms with E-state index in [1.54, 1.807) is 18.2 Å². The van der Waals surface area contributed by atoms with Gasteiger partial charge in [-0.15, -0.1) is 0 Å². The van der Waals surface area contributed by atoms with Crippen LogP contribution in [0.5, 0.6) is 17.2 Å². The van der Waals surface area contributed by atoms with E-state index in [2.05, 4.69) is 23.1 Å². The van der Waals surface area contributed by atoms with E-state index < -0.39 is 16.4 Å². The Balaban J connectivity index is 1.23. The van der Waals surface area contributed by atoms with E-state index in [0.29, 0.717) is 64.7 Å². The Morgan fingerprint density at radius 1 is 0.933 bits per heavy atom. The summed E-state index contributed by atoms with van der Waals surface area (Å²) in [6.45, 7) is 3.54. The third kappa shape index (κ3) is 5.94. The molecule has 3 aliphatic rings. The van der Waals surface area contributed by atoms with E-state index in [9.17, 15) is 9.00 Å². The Labute approximate surface area is 276 Å². The molecule has 2 atom stereocenters. The van der Waals surface area contributed by atoms with Crippen LogP contribution in [-0.2, 0) is 31.6 Å². The van der Waals surface area contributed by atoms with Crippen LogP contribution in [0.3, 0.4) is 0 Å². The van der Waals surface area contributed by atoms with Crippen molar-refractivity contribution >= 4 is 39.9 Å². The van der Waals surface area contributed by atoms with E-state index in [-0.39, 0.29) is 10.7 Å². The second-order valence-electron chi connectivity index (χ2n) is 11.8. The number of hydrogen-bond acceptors (Lipinski definition) is 7. The molecule has 1 amide bonds. The molecule has 3 aromatic carbocycles. The average molecular weight is 674 g/mol. The van der Waals surface area contributed by atoms with Crippen LogP contribution in [0.15, 0.2) is 54.6 Å². The Hall–Kier alpha value is -2.82. The van der Waals surface area contributed by atoms with Crippen LogP contribution in [0.2, 0.25) is 10.0 Å². The highest BCUT2D eigenvalue weighted by atomic mass is 35.5. The van der Waals surface area contributed by atoms with E-state index in [4.69, 9.17) is 42.1 Å². The fourth-order valence-corrected chi connectivity index (χ4v) is 9.25. The summed E-state index contributed by atoms with van der Waals surface area (Å²) >= 11 is 12.8. The molecule has 0 N–H and O–H groups in total. The SMILES string of the molecule is COc1cc(C(=O)N2CCO[C@](CCN3CCC4(CC3)c3ccccc3C[S@@]4=O)(c3ccc(Cl)c(Cl)c3)C2)cc(OC)c1OC. The zero-order valence-electron chi connectivity index (χ0n) is 25.8. The molecule has 0 unspecified atom stereocenters. The molecule has 2 fully saturated rings. The van der Waals surface area contributed by atoms with Crippen molar-refractivity contribution in [3.63, 3.8) is 0 Å². The Kier molecular flexibility index (Phi) is 9.37. The largest absolute Gasteiger partial charge is 0.493 e. The first-order chi connectivity index (χ1) is 21.7. The lowest BCUT2D eigenvalue weighted by atomic mass is 9.85. The van der Waals surface area contributed by atoms with Gasteiger partial charge in [0, 0.05) is 35.2 Å². The number of piperidine rings is 1. The molecule has 0 aromatic heterocycles. The molecule has 3 aromatic rings. The van der Waals surface area contributed by atoms with Crippen LogP contribution in [0.25, 0.3) is 0 Å². The van der Waals surface area contributed by atoms with Crippen LogP contribution in [0, 0.1) is 0 Å². The summed E-state index contributed by atoms with van der Waals surface area (Å²) in [5.41, 5.74) is 2.97. The lowest BCUT2D eigenvalue weighted by Crippen LogP contribution is -2.53. The molecule has 240 valence electrons. The molecule has 0 radical (unpaired) electrons. The quantitative estimate of drug-likeness (QED) is 0.289. The number of fused-ring (bicyclic) bond motifs is 2. The minimum atomic E-state index is -0.914. The van der Waals surface area contributed by atoms with Gasteiger partial charge < -0.3 is 28.7 Å². The van der Waals surface area contributed by atoms with Gasteiger partial charge in [0.05, 0.1) is 49.3 Å². The number of rotatable bonds is 8. The number of halogens is 2. The molecular formula is C34H38Cl2N2O6S. The fourth-order valence-electron chi connectivity index (χ4n) is 7.06. The standard InChI is InChI=1S/C34H38Cl2N2O6S/c1-41-29-18-24(19-30(42-2)31(29)43-3)32(39)38-16-17-44-33(22-38,25-8-9-27(35)28(36)20-25)10-13-37-14-11-34(12-15-37)26-7-5-4-6-23(26)21-45(34)40/h4-9,18-20H,10-17,21-22H2,1-3H3/t33-,45-/m0/s1. The first-order valence-electron chi connectivity index (χ1n) is 15.1. The molecule has 3 heterocycles. The highest BCUT2D eigenvalue weighted by molar-refractivity contribution is 7.85. The van der Waals surface area contributed by atoms with E-state index in [1.165, 1.54) is 32.5 Å². The minimum Gasteiger partial charge on any atom is -0.493 e. The first kappa shape index (κ1) is 32.1. The molecule has 0 bridgehead atoms. The monoisotopic (exact) mass is 672 g/mol. The highest BCUT2D eigenvalue weighted by Crippen LogP contribution is 2.47. The van der Waals surface area contributed by atoms with Gasteiger partial charge in [-0.2, -0.15) is 0 Å². The summed E-state index contributed by atoms with van der Waals surface area (Å²) in [6, 6.07) is 17.3. The zero-order chi connectivity index (χ0) is 31.8. The van der Waals surface area contributed by atoms with Crippen molar-refractivity contribution in [2.24, 2.45) is 0 Å². The molecule has 2 saturated heterocycles. The molecule has 6 rings (SSSR count). The number of carbonyl (C=O) groups is 1. The predicted molar refractivity (Wildman–Crippen MR) is 176 cm³/mol. The van der Waals surface area contributed by atoms with E-state index in [1.807, 2.05) is 23.1 Å². The summed E-state index contributed by atoms with van der Waals surface area (Å²) in [5, 5.41) is 0.899. The van der Waals surface area contributed by atoms with Gasteiger partial charge >= 0.3 is 0 Å². The van der Waals surface area contributed by atoms with Gasteiger partial charge in [0.1, 0.15) is 5.60 Å². The van der Waals surface area contributed by atoms with Crippen LogP contribution in [0.1, 0.15) is 46.3 Å². The molecule has 45 heavy (non-hydrogen) atoms. The van der Waals surface area contributed by atoms with Gasteiger partial charge in [-0.05, 0) is 73.3 Å². The third-order valence-corrected chi connectivity index (χ3v) is 12.4. The summed E-state index contributed by atoms with van der Waals surface area (Å²) in [4.78, 5) is 18.2. The topological polar surface area (TPSA) is 77.5 Å². The minimum absolute atomic E-state index is 0.163. The lowest BCUT2D eigenvalue weighted by molar-refractivity contribution is -0.113. The fraction of sp³-hybridized carbons (Fsp3) is 0.441. The van der Waals surface area contributed by atoms with Gasteiger partial charge in [0.15, 0.2) is 11.5 Å². The normalized spacial score (nSPS) is 22.7. The van der Waals surface area contributed by atoms with Crippen molar-refractivity contribution in [2.75, 3.05) is 60.7 Å². The van der Waals surface area contributed by atoms with Crippen molar-refractivity contribution in [1.29, 1.82) is 0 Å². The molecule has 8 nitrogen and oxygen atoms in total. The smallest absolute Gasteiger partial charge is 0.254 e.